The van der Waals surface area contributed by atoms with Gasteiger partial charge in [-0.15, -0.1) is 0 Å². The zero-order chi connectivity index (χ0) is 14.8. The molecule has 0 aliphatic carbocycles. The second-order valence-electron chi connectivity index (χ2n) is 4.82. The van der Waals surface area contributed by atoms with Crippen molar-refractivity contribution in [1.82, 2.24) is 4.98 Å². The highest BCUT2D eigenvalue weighted by atomic mass is 16.5. The number of H-pyrrole nitrogens is 1. The van der Waals surface area contributed by atoms with E-state index in [9.17, 15) is 4.79 Å². The highest BCUT2D eigenvalue weighted by molar-refractivity contribution is 6.10. The lowest BCUT2D eigenvalue weighted by atomic mass is 10.1. The fourth-order valence-corrected chi connectivity index (χ4v) is 2.37. The number of rotatable bonds is 3. The Morgan fingerprint density at radius 3 is 2.62 bits per heavy atom. The summed E-state index contributed by atoms with van der Waals surface area (Å²) in [5, 5.41) is 0.959. The minimum atomic E-state index is -0.0423. The standard InChI is InChI=1S/C17H16N2O2/c1-19(17(20)12-6-4-3-5-7-12)16-11-18-15-9-8-13(21-2)10-14(15)16/h3-11,18H,1-2H3. The number of hydrogen-bond donors (Lipinski definition) is 1. The molecule has 3 aromatic rings. The summed E-state index contributed by atoms with van der Waals surface area (Å²) in [6.45, 7) is 0. The first-order valence-corrected chi connectivity index (χ1v) is 6.69. The molecule has 2 aromatic carbocycles. The highest BCUT2D eigenvalue weighted by Crippen LogP contribution is 2.30. The van der Waals surface area contributed by atoms with Gasteiger partial charge in [-0.3, -0.25) is 4.79 Å². The summed E-state index contributed by atoms with van der Waals surface area (Å²) in [5.41, 5.74) is 2.47. The number of amides is 1. The van der Waals surface area contributed by atoms with E-state index in [1.54, 1.807) is 19.1 Å². The molecule has 1 aromatic heterocycles. The number of aromatic amines is 1. The number of ether oxygens (including phenoxy) is 1. The number of benzene rings is 2. The molecule has 0 saturated heterocycles. The number of hydrogen-bond acceptors (Lipinski definition) is 2. The van der Waals surface area contributed by atoms with Gasteiger partial charge in [0.05, 0.1) is 12.8 Å². The van der Waals surface area contributed by atoms with Crippen LogP contribution in [0, 0.1) is 0 Å². The molecule has 4 nitrogen and oxygen atoms in total. The molecule has 3 rings (SSSR count). The summed E-state index contributed by atoms with van der Waals surface area (Å²) >= 11 is 0. The Balaban J connectivity index is 2.01. The molecule has 1 amide bonds. The Labute approximate surface area is 123 Å². The first-order chi connectivity index (χ1) is 10.2. The maximum atomic E-state index is 12.5. The zero-order valence-electron chi connectivity index (χ0n) is 12.0. The van der Waals surface area contributed by atoms with Crippen LogP contribution < -0.4 is 9.64 Å². The van der Waals surface area contributed by atoms with E-state index in [1.165, 1.54) is 0 Å². The van der Waals surface area contributed by atoms with Gasteiger partial charge in [0.15, 0.2) is 0 Å². The summed E-state index contributed by atoms with van der Waals surface area (Å²) in [7, 11) is 3.41. The number of fused-ring (bicyclic) bond motifs is 1. The minimum Gasteiger partial charge on any atom is -0.497 e. The number of nitrogens with zero attached hydrogens (tertiary/aromatic N) is 1. The van der Waals surface area contributed by atoms with Gasteiger partial charge in [0, 0.05) is 29.7 Å². The molecule has 0 spiro atoms. The van der Waals surface area contributed by atoms with Crippen molar-refractivity contribution in [3.63, 3.8) is 0 Å². The fraction of sp³-hybridized carbons (Fsp3) is 0.118. The van der Waals surface area contributed by atoms with Gasteiger partial charge in [0.2, 0.25) is 0 Å². The molecule has 0 unspecified atom stereocenters. The van der Waals surface area contributed by atoms with Crippen LogP contribution in [-0.4, -0.2) is 25.0 Å². The summed E-state index contributed by atoms with van der Waals surface area (Å²) < 4.78 is 5.25. The maximum absolute atomic E-state index is 12.5. The molecule has 4 heteroatoms. The van der Waals surface area contributed by atoms with Crippen LogP contribution in [-0.2, 0) is 0 Å². The molecule has 0 bridgehead atoms. The lowest BCUT2D eigenvalue weighted by Crippen LogP contribution is -2.25. The van der Waals surface area contributed by atoms with Crippen LogP contribution in [0.3, 0.4) is 0 Å². The van der Waals surface area contributed by atoms with Crippen molar-refractivity contribution in [2.45, 2.75) is 0 Å². The predicted octanol–water partition coefficient (Wildman–Crippen LogP) is 3.45. The van der Waals surface area contributed by atoms with Crippen molar-refractivity contribution >= 4 is 22.5 Å². The third-order valence-corrected chi connectivity index (χ3v) is 3.55. The molecule has 0 aliphatic heterocycles. The van der Waals surface area contributed by atoms with Gasteiger partial charge in [0.1, 0.15) is 5.75 Å². The smallest absolute Gasteiger partial charge is 0.258 e. The first kappa shape index (κ1) is 13.2. The number of anilines is 1. The normalized spacial score (nSPS) is 10.6. The summed E-state index contributed by atoms with van der Waals surface area (Å²) in [4.78, 5) is 17.3. The van der Waals surface area contributed by atoms with Gasteiger partial charge in [-0.2, -0.15) is 0 Å². The van der Waals surface area contributed by atoms with Crippen molar-refractivity contribution < 1.29 is 9.53 Å². The minimum absolute atomic E-state index is 0.0423. The van der Waals surface area contributed by atoms with E-state index in [2.05, 4.69) is 4.98 Å². The van der Waals surface area contributed by atoms with Gasteiger partial charge >= 0.3 is 0 Å². The van der Waals surface area contributed by atoms with Crippen molar-refractivity contribution in [3.8, 4) is 5.75 Å². The van der Waals surface area contributed by atoms with E-state index in [0.717, 1.165) is 22.3 Å². The second-order valence-corrected chi connectivity index (χ2v) is 4.82. The molecule has 1 N–H and O–H groups in total. The highest BCUT2D eigenvalue weighted by Gasteiger charge is 2.16. The number of carbonyl (C=O) groups is 1. The van der Waals surface area contributed by atoms with E-state index in [4.69, 9.17) is 4.74 Å². The van der Waals surface area contributed by atoms with Crippen molar-refractivity contribution in [2.24, 2.45) is 0 Å². The average Bonchev–Trinajstić information content (AvgIpc) is 2.97. The first-order valence-electron chi connectivity index (χ1n) is 6.69. The summed E-state index contributed by atoms with van der Waals surface area (Å²) in [5.74, 6) is 0.725. The molecule has 0 saturated carbocycles. The zero-order valence-corrected chi connectivity index (χ0v) is 12.0. The molecular formula is C17H16N2O2. The number of nitrogens with one attached hydrogen (secondary N) is 1. The Hall–Kier alpha value is -2.75. The van der Waals surface area contributed by atoms with E-state index < -0.39 is 0 Å². The fourth-order valence-electron chi connectivity index (χ4n) is 2.37. The Morgan fingerprint density at radius 2 is 1.90 bits per heavy atom. The lowest BCUT2D eigenvalue weighted by molar-refractivity contribution is 0.0993. The summed E-state index contributed by atoms with van der Waals surface area (Å²) in [6, 6.07) is 15.0. The van der Waals surface area contributed by atoms with Crippen LogP contribution in [0.15, 0.2) is 54.7 Å². The molecule has 0 atom stereocenters. The van der Waals surface area contributed by atoms with Gasteiger partial charge in [-0.25, -0.2) is 0 Å². The average molecular weight is 280 g/mol. The third kappa shape index (κ3) is 2.36. The van der Waals surface area contributed by atoms with Crippen LogP contribution in [0.25, 0.3) is 10.9 Å². The number of aromatic nitrogens is 1. The van der Waals surface area contributed by atoms with Crippen LogP contribution >= 0.6 is 0 Å². The van der Waals surface area contributed by atoms with E-state index in [-0.39, 0.29) is 5.91 Å². The molecule has 0 fully saturated rings. The molecule has 106 valence electrons. The van der Waals surface area contributed by atoms with Crippen LogP contribution in [0.4, 0.5) is 5.69 Å². The van der Waals surface area contributed by atoms with E-state index >= 15 is 0 Å². The molecular weight excluding hydrogens is 264 g/mol. The maximum Gasteiger partial charge on any atom is 0.258 e. The quantitative estimate of drug-likeness (QED) is 0.798. The van der Waals surface area contributed by atoms with Crippen LogP contribution in [0.5, 0.6) is 5.75 Å². The Kier molecular flexibility index (Phi) is 3.36. The van der Waals surface area contributed by atoms with Gasteiger partial charge in [0.25, 0.3) is 5.91 Å². The van der Waals surface area contributed by atoms with E-state index in [1.807, 2.05) is 54.7 Å². The van der Waals surface area contributed by atoms with Crippen molar-refractivity contribution in [3.05, 3.63) is 60.3 Å². The number of methoxy groups -OCH3 is 1. The summed E-state index contributed by atoms with van der Waals surface area (Å²) in [6.07, 6.45) is 1.84. The van der Waals surface area contributed by atoms with Crippen molar-refractivity contribution in [2.75, 3.05) is 19.1 Å². The Bertz CT molecular complexity index is 778. The van der Waals surface area contributed by atoms with Gasteiger partial charge < -0.3 is 14.6 Å². The lowest BCUT2D eigenvalue weighted by Gasteiger charge is -2.16. The van der Waals surface area contributed by atoms with Crippen LogP contribution in [0.1, 0.15) is 10.4 Å². The largest absolute Gasteiger partial charge is 0.497 e. The molecule has 1 heterocycles. The second kappa shape index (κ2) is 5.32. The molecule has 21 heavy (non-hydrogen) atoms. The van der Waals surface area contributed by atoms with E-state index in [0.29, 0.717) is 5.56 Å². The van der Waals surface area contributed by atoms with Crippen molar-refractivity contribution in [1.29, 1.82) is 0 Å². The molecule has 0 aliphatic rings. The topological polar surface area (TPSA) is 45.3 Å². The number of carbonyl (C=O) groups excluding carboxylic acids is 1. The monoisotopic (exact) mass is 280 g/mol. The van der Waals surface area contributed by atoms with Gasteiger partial charge in [-0.05, 0) is 30.3 Å². The molecule has 0 radical (unpaired) electrons. The van der Waals surface area contributed by atoms with Gasteiger partial charge in [-0.1, -0.05) is 18.2 Å². The Morgan fingerprint density at radius 1 is 1.14 bits per heavy atom. The SMILES string of the molecule is COc1ccc2[nH]cc(N(C)C(=O)c3ccccc3)c2c1. The third-order valence-electron chi connectivity index (χ3n) is 3.55. The van der Waals surface area contributed by atoms with Crippen LogP contribution in [0.2, 0.25) is 0 Å². The predicted molar refractivity (Wildman–Crippen MR) is 84.0 cm³/mol.